The van der Waals surface area contributed by atoms with Gasteiger partial charge in [0.2, 0.25) is 5.91 Å². The average molecular weight is 471 g/mol. The number of rotatable bonds is 9. The Balaban J connectivity index is 1.36. The molecule has 0 aliphatic heterocycles. The average Bonchev–Trinajstić information content (AvgIpc) is 3.19. The van der Waals surface area contributed by atoms with Crippen LogP contribution in [0.2, 0.25) is 0 Å². The molecule has 0 heterocycles. The van der Waals surface area contributed by atoms with Crippen molar-refractivity contribution < 1.29 is 24.2 Å². The van der Waals surface area contributed by atoms with E-state index in [9.17, 15) is 14.4 Å². The molecule has 7 heteroatoms. The molecule has 3 N–H and O–H groups in total. The summed E-state index contributed by atoms with van der Waals surface area (Å²) in [5, 5.41) is 14.5. The van der Waals surface area contributed by atoms with Crippen molar-refractivity contribution in [3.05, 3.63) is 108 Å². The number of amides is 2. The highest BCUT2D eigenvalue weighted by Crippen LogP contribution is 2.44. The van der Waals surface area contributed by atoms with Gasteiger partial charge in [-0.1, -0.05) is 66.7 Å². The summed E-state index contributed by atoms with van der Waals surface area (Å²) in [6.07, 6.45) is 1.06. The number of fused-ring (bicyclic) bond motifs is 3. The number of nitrogens with one attached hydrogen (secondary N) is 2. The van der Waals surface area contributed by atoms with Crippen LogP contribution in [0.1, 0.15) is 39.4 Å². The Morgan fingerprint density at radius 1 is 0.971 bits per heavy atom. The van der Waals surface area contributed by atoms with Crippen molar-refractivity contribution in [2.45, 2.75) is 24.9 Å². The zero-order valence-electron chi connectivity index (χ0n) is 19.1. The van der Waals surface area contributed by atoms with E-state index in [1.54, 1.807) is 18.2 Å². The fourth-order valence-electron chi connectivity index (χ4n) is 4.31. The number of ether oxygens (including phenoxy) is 1. The Hall–Kier alpha value is -4.39. The van der Waals surface area contributed by atoms with Gasteiger partial charge < -0.3 is 20.5 Å². The van der Waals surface area contributed by atoms with Crippen molar-refractivity contribution in [3.8, 4) is 11.1 Å². The van der Waals surface area contributed by atoms with Gasteiger partial charge in [0.25, 0.3) is 0 Å². The van der Waals surface area contributed by atoms with Crippen molar-refractivity contribution >= 4 is 18.0 Å². The van der Waals surface area contributed by atoms with Crippen LogP contribution in [-0.4, -0.2) is 35.7 Å². The van der Waals surface area contributed by atoms with E-state index in [4.69, 9.17) is 9.84 Å². The highest BCUT2D eigenvalue weighted by Gasteiger charge is 2.29. The molecule has 0 fully saturated rings. The van der Waals surface area contributed by atoms with Gasteiger partial charge in [-0.25, -0.2) is 9.59 Å². The topological polar surface area (TPSA) is 105 Å². The van der Waals surface area contributed by atoms with Gasteiger partial charge >= 0.3 is 12.1 Å². The zero-order chi connectivity index (χ0) is 24.8. The first kappa shape index (κ1) is 23.8. The van der Waals surface area contributed by atoms with Gasteiger partial charge in [0.1, 0.15) is 12.6 Å². The number of carboxylic acid groups (broad SMARTS) is 1. The van der Waals surface area contributed by atoms with Gasteiger partial charge in [0, 0.05) is 12.5 Å². The Morgan fingerprint density at radius 3 is 2.26 bits per heavy atom. The molecule has 1 aliphatic carbocycles. The summed E-state index contributed by atoms with van der Waals surface area (Å²) in [6.45, 7) is 3.93. The van der Waals surface area contributed by atoms with E-state index in [2.05, 4.69) is 29.3 Å². The number of carbonyl (C=O) groups is 3. The summed E-state index contributed by atoms with van der Waals surface area (Å²) in [7, 11) is 0. The van der Waals surface area contributed by atoms with Crippen LogP contribution in [0.5, 0.6) is 0 Å². The van der Waals surface area contributed by atoms with E-state index in [0.29, 0.717) is 5.56 Å². The number of carboxylic acids is 1. The fraction of sp³-hybridized carbons (Fsp3) is 0.179. The van der Waals surface area contributed by atoms with Crippen molar-refractivity contribution in [2.75, 3.05) is 6.61 Å². The first-order valence-corrected chi connectivity index (χ1v) is 11.3. The third kappa shape index (κ3) is 5.41. The zero-order valence-corrected chi connectivity index (χ0v) is 19.1. The molecule has 2 amide bonds. The minimum Gasteiger partial charge on any atom is -0.478 e. The van der Waals surface area contributed by atoms with Crippen molar-refractivity contribution in [3.63, 3.8) is 0 Å². The second-order valence-electron chi connectivity index (χ2n) is 8.27. The SMILES string of the molecule is C=CCC(NC(=O)OCC1c2ccccc2-c2ccccc21)C(=O)NCc1cccc(C(=O)O)c1. The van der Waals surface area contributed by atoms with Crippen molar-refractivity contribution in [1.29, 1.82) is 0 Å². The predicted octanol–water partition coefficient (Wildman–Crippen LogP) is 4.48. The van der Waals surface area contributed by atoms with E-state index in [1.807, 2.05) is 36.4 Å². The van der Waals surface area contributed by atoms with Gasteiger partial charge in [-0.3, -0.25) is 4.79 Å². The Kier molecular flexibility index (Phi) is 7.26. The summed E-state index contributed by atoms with van der Waals surface area (Å²) in [5.74, 6) is -1.54. The first-order valence-electron chi connectivity index (χ1n) is 11.3. The molecular formula is C28H26N2O5. The summed E-state index contributed by atoms with van der Waals surface area (Å²) in [4.78, 5) is 36.4. The highest BCUT2D eigenvalue weighted by atomic mass is 16.5. The molecule has 0 spiro atoms. The molecule has 1 aliphatic rings. The van der Waals surface area contributed by atoms with Gasteiger partial charge in [-0.2, -0.15) is 0 Å². The van der Waals surface area contributed by atoms with Gasteiger partial charge in [-0.05, 0) is 46.4 Å². The predicted molar refractivity (Wildman–Crippen MR) is 132 cm³/mol. The Morgan fingerprint density at radius 2 is 1.63 bits per heavy atom. The standard InChI is InChI=1S/C28H26N2O5/c1-2-8-25(26(31)29-16-18-9-7-10-19(15-18)27(32)33)30-28(34)35-17-24-22-13-5-3-11-20(22)21-12-4-6-14-23(21)24/h2-7,9-15,24-25H,1,8,16-17H2,(H,29,31)(H,30,34)(H,32,33). The summed E-state index contributed by atoms with van der Waals surface area (Å²) >= 11 is 0. The lowest BCUT2D eigenvalue weighted by atomic mass is 9.98. The number of aromatic carboxylic acids is 1. The third-order valence-electron chi connectivity index (χ3n) is 6.00. The largest absolute Gasteiger partial charge is 0.478 e. The van der Waals surface area contributed by atoms with Crippen molar-refractivity contribution in [2.24, 2.45) is 0 Å². The smallest absolute Gasteiger partial charge is 0.407 e. The van der Waals surface area contributed by atoms with Crippen LogP contribution < -0.4 is 10.6 Å². The van der Waals surface area contributed by atoms with Crippen LogP contribution in [0.15, 0.2) is 85.5 Å². The molecule has 0 bridgehead atoms. The molecule has 1 unspecified atom stereocenters. The van der Waals surface area contributed by atoms with E-state index < -0.39 is 24.0 Å². The second kappa shape index (κ2) is 10.7. The van der Waals surface area contributed by atoms with Crippen LogP contribution in [0, 0.1) is 0 Å². The number of alkyl carbamates (subject to hydrolysis) is 1. The monoisotopic (exact) mass is 470 g/mol. The maximum Gasteiger partial charge on any atom is 0.407 e. The van der Waals surface area contributed by atoms with Gasteiger partial charge in [-0.15, -0.1) is 6.58 Å². The van der Waals surface area contributed by atoms with Crippen LogP contribution in [0.3, 0.4) is 0 Å². The normalized spacial score (nSPS) is 12.7. The van der Waals surface area contributed by atoms with Crippen LogP contribution in [0.4, 0.5) is 4.79 Å². The Bertz CT molecular complexity index is 1220. The molecule has 0 saturated heterocycles. The van der Waals surface area contributed by atoms with Gasteiger partial charge in [0.05, 0.1) is 5.56 Å². The first-order chi connectivity index (χ1) is 17.0. The number of benzene rings is 3. The Labute approximate surface area is 203 Å². The molecule has 1 atom stereocenters. The van der Waals surface area contributed by atoms with E-state index in [-0.39, 0.29) is 31.1 Å². The van der Waals surface area contributed by atoms with E-state index >= 15 is 0 Å². The quantitative estimate of drug-likeness (QED) is 0.400. The fourth-order valence-corrected chi connectivity index (χ4v) is 4.31. The summed E-state index contributed by atoms with van der Waals surface area (Å²) in [6, 6.07) is 21.5. The molecule has 3 aromatic rings. The van der Waals surface area contributed by atoms with E-state index in [0.717, 1.165) is 22.3 Å². The van der Waals surface area contributed by atoms with Crippen molar-refractivity contribution in [1.82, 2.24) is 10.6 Å². The van der Waals surface area contributed by atoms with E-state index in [1.165, 1.54) is 12.1 Å². The third-order valence-corrected chi connectivity index (χ3v) is 6.00. The lowest BCUT2D eigenvalue weighted by Crippen LogP contribution is -2.46. The summed E-state index contributed by atoms with van der Waals surface area (Å²) in [5.41, 5.74) is 5.24. The molecular weight excluding hydrogens is 444 g/mol. The molecule has 0 aromatic heterocycles. The summed E-state index contributed by atoms with van der Waals surface area (Å²) < 4.78 is 5.54. The van der Waals surface area contributed by atoms with Gasteiger partial charge in [0.15, 0.2) is 0 Å². The number of hydrogen-bond donors (Lipinski definition) is 3. The molecule has 35 heavy (non-hydrogen) atoms. The molecule has 4 rings (SSSR count). The number of carbonyl (C=O) groups excluding carboxylic acids is 2. The molecule has 0 radical (unpaired) electrons. The lowest BCUT2D eigenvalue weighted by Gasteiger charge is -2.19. The lowest BCUT2D eigenvalue weighted by molar-refractivity contribution is -0.123. The molecule has 3 aromatic carbocycles. The molecule has 0 saturated carbocycles. The number of hydrogen-bond acceptors (Lipinski definition) is 4. The molecule has 178 valence electrons. The highest BCUT2D eigenvalue weighted by molar-refractivity contribution is 5.88. The minimum atomic E-state index is -1.04. The molecule has 7 nitrogen and oxygen atoms in total. The van der Waals surface area contributed by atoms with Crippen LogP contribution in [0.25, 0.3) is 11.1 Å². The maximum atomic E-state index is 12.7. The second-order valence-corrected chi connectivity index (χ2v) is 8.27. The van der Waals surface area contributed by atoms with Crippen LogP contribution in [-0.2, 0) is 16.1 Å². The minimum absolute atomic E-state index is 0.0821. The maximum absolute atomic E-state index is 12.7. The van der Waals surface area contributed by atoms with Crippen LogP contribution >= 0.6 is 0 Å².